The molecule has 0 radical (unpaired) electrons. The van der Waals surface area contributed by atoms with Crippen molar-refractivity contribution in [3.8, 4) is 0 Å². The Hall–Kier alpha value is -2.19. The lowest BCUT2D eigenvalue weighted by atomic mass is 10.2. The molecule has 0 bridgehead atoms. The average molecular weight is 331 g/mol. The third kappa shape index (κ3) is 3.29. The van der Waals surface area contributed by atoms with Crippen molar-refractivity contribution < 1.29 is 22.7 Å². The number of carboxylic acids is 1. The number of anilines is 1. The van der Waals surface area contributed by atoms with Crippen molar-refractivity contribution >= 4 is 33.3 Å². The molecule has 0 fully saturated rings. The molecular formula is C12H8ClFN2O4S. The Bertz CT molecular complexity index is 811. The molecule has 0 atom stereocenters. The first kappa shape index (κ1) is 15.2. The van der Waals surface area contributed by atoms with Gasteiger partial charge in [0.2, 0.25) is 0 Å². The first-order valence-electron chi connectivity index (χ1n) is 5.46. The van der Waals surface area contributed by atoms with Gasteiger partial charge in [0.1, 0.15) is 10.7 Å². The number of hydrogen-bond donors (Lipinski definition) is 2. The number of pyridine rings is 1. The number of carbonyl (C=O) groups is 1. The number of nitrogens with one attached hydrogen (secondary N) is 1. The second-order valence-electron chi connectivity index (χ2n) is 3.91. The maximum atomic E-state index is 13.7. The fourth-order valence-electron chi connectivity index (χ4n) is 1.49. The molecule has 1 aromatic carbocycles. The molecule has 2 aromatic rings. The summed E-state index contributed by atoms with van der Waals surface area (Å²) in [5, 5.41) is 8.90. The van der Waals surface area contributed by atoms with E-state index in [0.29, 0.717) is 0 Å². The zero-order valence-electron chi connectivity index (χ0n) is 10.2. The Balaban J connectivity index is 2.47. The van der Waals surface area contributed by atoms with Gasteiger partial charge in [-0.1, -0.05) is 11.6 Å². The van der Waals surface area contributed by atoms with Crippen LogP contribution in [0.2, 0.25) is 5.02 Å². The number of rotatable bonds is 4. The summed E-state index contributed by atoms with van der Waals surface area (Å²) >= 11 is 5.78. The molecule has 1 heterocycles. The molecule has 9 heteroatoms. The van der Waals surface area contributed by atoms with Gasteiger partial charge in [-0.05, 0) is 24.3 Å². The molecule has 2 N–H and O–H groups in total. The quantitative estimate of drug-likeness (QED) is 0.897. The Labute approximate surface area is 124 Å². The van der Waals surface area contributed by atoms with Gasteiger partial charge in [0.15, 0.2) is 0 Å². The molecule has 0 saturated heterocycles. The molecule has 0 amide bonds. The minimum Gasteiger partial charge on any atom is -0.478 e. The summed E-state index contributed by atoms with van der Waals surface area (Å²) < 4.78 is 40.0. The van der Waals surface area contributed by atoms with E-state index in [1.54, 1.807) is 0 Å². The number of sulfonamides is 1. The zero-order chi connectivity index (χ0) is 15.6. The molecule has 21 heavy (non-hydrogen) atoms. The predicted molar refractivity (Wildman–Crippen MR) is 73.4 cm³/mol. The summed E-state index contributed by atoms with van der Waals surface area (Å²) in [5.41, 5.74) is -0.395. The number of aromatic nitrogens is 1. The van der Waals surface area contributed by atoms with E-state index in [9.17, 15) is 17.6 Å². The number of nitrogens with zero attached hydrogens (tertiary/aromatic N) is 1. The van der Waals surface area contributed by atoms with E-state index in [0.717, 1.165) is 24.4 Å². The highest BCUT2D eigenvalue weighted by molar-refractivity contribution is 7.92. The van der Waals surface area contributed by atoms with Crippen LogP contribution in [0.3, 0.4) is 0 Å². The fourth-order valence-corrected chi connectivity index (χ4v) is 2.87. The number of carboxylic acid groups (broad SMARTS) is 1. The number of halogens is 2. The third-order valence-corrected chi connectivity index (χ3v) is 4.19. The van der Waals surface area contributed by atoms with Crippen LogP contribution in [0.5, 0.6) is 0 Å². The van der Waals surface area contributed by atoms with Crippen LogP contribution in [-0.2, 0) is 10.0 Å². The van der Waals surface area contributed by atoms with Crippen molar-refractivity contribution in [3.63, 3.8) is 0 Å². The summed E-state index contributed by atoms with van der Waals surface area (Å²) in [4.78, 5) is 13.7. The van der Waals surface area contributed by atoms with Crippen molar-refractivity contribution in [2.45, 2.75) is 4.90 Å². The lowest BCUT2D eigenvalue weighted by Crippen LogP contribution is -2.16. The largest absolute Gasteiger partial charge is 0.478 e. The van der Waals surface area contributed by atoms with Gasteiger partial charge in [-0.2, -0.15) is 0 Å². The van der Waals surface area contributed by atoms with Crippen LogP contribution >= 0.6 is 11.6 Å². The number of benzene rings is 1. The van der Waals surface area contributed by atoms with E-state index in [4.69, 9.17) is 16.7 Å². The molecule has 2 rings (SSSR count). The van der Waals surface area contributed by atoms with E-state index in [1.165, 1.54) is 12.3 Å². The SMILES string of the molecule is O=C(O)c1ccc(F)c(S(=O)(=O)Nc2cnccc2Cl)c1. The minimum atomic E-state index is -4.34. The molecule has 0 unspecified atom stereocenters. The zero-order valence-corrected chi connectivity index (χ0v) is 11.8. The van der Waals surface area contributed by atoms with Crippen molar-refractivity contribution in [2.75, 3.05) is 4.72 Å². The Kier molecular flexibility index (Phi) is 4.10. The minimum absolute atomic E-state index is 0.0423. The number of aromatic carboxylic acids is 1. The third-order valence-electron chi connectivity index (χ3n) is 2.48. The summed E-state index contributed by atoms with van der Waals surface area (Å²) in [5.74, 6) is -2.45. The molecule has 0 aliphatic rings. The summed E-state index contributed by atoms with van der Waals surface area (Å²) in [6.07, 6.45) is 2.50. The van der Waals surface area contributed by atoms with Gasteiger partial charge in [-0.3, -0.25) is 9.71 Å². The van der Waals surface area contributed by atoms with Gasteiger partial charge in [0, 0.05) is 6.20 Å². The summed E-state index contributed by atoms with van der Waals surface area (Å²) in [6.45, 7) is 0. The summed E-state index contributed by atoms with van der Waals surface area (Å²) in [7, 11) is -4.34. The standard InChI is InChI=1S/C12H8ClFN2O4S/c13-8-3-4-15-6-10(8)16-21(19,20)11-5-7(12(17)18)1-2-9(11)14/h1-6,16H,(H,17,18). The van der Waals surface area contributed by atoms with Gasteiger partial charge >= 0.3 is 5.97 Å². The van der Waals surface area contributed by atoms with Gasteiger partial charge in [0.25, 0.3) is 10.0 Å². The smallest absolute Gasteiger partial charge is 0.335 e. The van der Waals surface area contributed by atoms with Gasteiger partial charge in [0.05, 0.1) is 22.5 Å². The van der Waals surface area contributed by atoms with Gasteiger partial charge < -0.3 is 5.11 Å². The molecule has 0 aliphatic carbocycles. The van der Waals surface area contributed by atoms with Crippen LogP contribution in [0.25, 0.3) is 0 Å². The Morgan fingerprint density at radius 1 is 1.33 bits per heavy atom. The van der Waals surface area contributed by atoms with Crippen molar-refractivity contribution in [1.82, 2.24) is 4.98 Å². The molecule has 0 aliphatic heterocycles. The first-order chi connectivity index (χ1) is 9.81. The molecule has 110 valence electrons. The van der Waals surface area contributed by atoms with Crippen molar-refractivity contribution in [2.24, 2.45) is 0 Å². The van der Waals surface area contributed by atoms with E-state index in [-0.39, 0.29) is 16.3 Å². The highest BCUT2D eigenvalue weighted by Crippen LogP contribution is 2.24. The van der Waals surface area contributed by atoms with Crippen LogP contribution in [0.15, 0.2) is 41.6 Å². The maximum absolute atomic E-state index is 13.7. The van der Waals surface area contributed by atoms with E-state index >= 15 is 0 Å². The van der Waals surface area contributed by atoms with Crippen LogP contribution in [-0.4, -0.2) is 24.5 Å². The first-order valence-corrected chi connectivity index (χ1v) is 7.32. The fraction of sp³-hybridized carbons (Fsp3) is 0. The van der Waals surface area contributed by atoms with Crippen LogP contribution in [0.4, 0.5) is 10.1 Å². The molecule has 0 spiro atoms. The second kappa shape index (κ2) is 5.66. The second-order valence-corrected chi connectivity index (χ2v) is 5.97. The van der Waals surface area contributed by atoms with E-state index in [2.05, 4.69) is 9.71 Å². The van der Waals surface area contributed by atoms with Crippen molar-refractivity contribution in [3.05, 3.63) is 53.1 Å². The monoisotopic (exact) mass is 330 g/mol. The Morgan fingerprint density at radius 2 is 2.05 bits per heavy atom. The molecule has 0 saturated carbocycles. The van der Waals surface area contributed by atoms with Crippen LogP contribution in [0, 0.1) is 5.82 Å². The molecule has 1 aromatic heterocycles. The van der Waals surface area contributed by atoms with Crippen LogP contribution < -0.4 is 4.72 Å². The predicted octanol–water partition coefficient (Wildman–Crippen LogP) is 2.37. The number of hydrogen-bond acceptors (Lipinski definition) is 4. The normalized spacial score (nSPS) is 11.1. The van der Waals surface area contributed by atoms with Gasteiger partial charge in [-0.15, -0.1) is 0 Å². The van der Waals surface area contributed by atoms with E-state index < -0.39 is 26.7 Å². The topological polar surface area (TPSA) is 96.4 Å². The average Bonchev–Trinajstić information content (AvgIpc) is 2.41. The highest BCUT2D eigenvalue weighted by Gasteiger charge is 2.22. The highest BCUT2D eigenvalue weighted by atomic mass is 35.5. The van der Waals surface area contributed by atoms with Gasteiger partial charge in [-0.25, -0.2) is 17.6 Å². The maximum Gasteiger partial charge on any atom is 0.335 e. The molecule has 6 nitrogen and oxygen atoms in total. The van der Waals surface area contributed by atoms with E-state index in [1.807, 2.05) is 0 Å². The van der Waals surface area contributed by atoms with Crippen LogP contribution in [0.1, 0.15) is 10.4 Å². The van der Waals surface area contributed by atoms with Crippen molar-refractivity contribution in [1.29, 1.82) is 0 Å². The summed E-state index contributed by atoms with van der Waals surface area (Å²) in [6, 6.07) is 3.81. The lowest BCUT2D eigenvalue weighted by molar-refractivity contribution is 0.0696. The lowest BCUT2D eigenvalue weighted by Gasteiger charge is -2.10. The molecular weight excluding hydrogens is 323 g/mol. The Morgan fingerprint density at radius 3 is 2.67 bits per heavy atom.